The molecule has 3 saturated heterocycles. The Bertz CT molecular complexity index is 3670. The lowest BCUT2D eigenvalue weighted by atomic mass is 9.86. The van der Waals surface area contributed by atoms with Crippen LogP contribution in [0.3, 0.4) is 0 Å². The van der Waals surface area contributed by atoms with Gasteiger partial charge < -0.3 is 137 Å². The van der Waals surface area contributed by atoms with E-state index in [2.05, 4.69) is 53.1 Å². The van der Waals surface area contributed by atoms with Crippen molar-refractivity contribution in [2.75, 3.05) is 106 Å². The van der Waals surface area contributed by atoms with E-state index in [4.69, 9.17) is 101 Å². The lowest BCUT2D eigenvalue weighted by Crippen LogP contribution is -2.66. The van der Waals surface area contributed by atoms with Gasteiger partial charge in [0.2, 0.25) is 47.3 Å². The average Bonchev–Trinajstić information content (AvgIpc) is 0.793. The van der Waals surface area contributed by atoms with Gasteiger partial charge in [0.15, 0.2) is 55.5 Å². The molecule has 0 radical (unpaired) electrons. The third kappa shape index (κ3) is 41.9. The molecule has 3 aliphatic heterocycles. The van der Waals surface area contributed by atoms with Crippen LogP contribution in [0.4, 0.5) is 0 Å². The number of nitrogens with one attached hydrogen (secondary N) is 8. The molecule has 47 heteroatoms. The minimum atomic E-state index is -1.56. The molecule has 0 aromatic carbocycles. The Morgan fingerprint density at radius 3 is 1.05 bits per heavy atom. The summed E-state index contributed by atoms with van der Waals surface area (Å²) in [7, 11) is -1.56. The number of carbonyl (C=O) groups excluding carboxylic acids is 17. The second-order valence-electron chi connectivity index (χ2n) is 30.5. The third-order valence-corrected chi connectivity index (χ3v) is 21.2. The monoisotopic (exact) mass is 1850 g/mol. The molecule has 8 N–H and O–H groups in total. The highest BCUT2D eigenvalue weighted by Gasteiger charge is 2.55. The molecule has 8 amide bonds. The van der Waals surface area contributed by atoms with E-state index < -0.39 is 246 Å². The first kappa shape index (κ1) is 111. The maximum absolute atomic E-state index is 14.4. The van der Waals surface area contributed by atoms with Gasteiger partial charge in [-0.3, -0.25) is 81.5 Å². The van der Waals surface area contributed by atoms with Crippen LogP contribution in [0.5, 0.6) is 0 Å². The van der Waals surface area contributed by atoms with E-state index in [-0.39, 0.29) is 123 Å². The molecule has 18 unspecified atom stereocenters. The number of carbonyl (C=O) groups is 17. The minimum absolute atomic E-state index is 0.0478. The molecular weight excluding hydrogens is 1720 g/mol. The molecule has 4 fully saturated rings. The molecule has 0 aromatic rings. The van der Waals surface area contributed by atoms with Crippen LogP contribution in [0.2, 0.25) is 0 Å². The summed E-state index contributed by atoms with van der Waals surface area (Å²) in [5.41, 5.74) is 0. The van der Waals surface area contributed by atoms with Crippen molar-refractivity contribution >= 4 is 110 Å². The molecule has 1 aliphatic carbocycles. The quantitative estimate of drug-likeness (QED) is 0.0118. The molecule has 1 saturated carbocycles. The van der Waals surface area contributed by atoms with Crippen LogP contribution in [-0.2, 0) is 176 Å². The van der Waals surface area contributed by atoms with Gasteiger partial charge in [-0.25, -0.2) is 4.67 Å². The first-order valence-electron chi connectivity index (χ1n) is 42.1. The molecule has 724 valence electrons. The number of ether oxygens (including phenoxy) is 18. The predicted octanol–water partition coefficient (Wildman–Crippen LogP) is -1.11. The van der Waals surface area contributed by atoms with E-state index in [1.807, 2.05) is 27.7 Å². The summed E-state index contributed by atoms with van der Waals surface area (Å²) in [5, 5.41) is 21.3. The van der Waals surface area contributed by atoms with Gasteiger partial charge in [0.25, 0.3) is 8.53 Å². The summed E-state index contributed by atoms with van der Waals surface area (Å²) in [4.78, 5) is 218. The van der Waals surface area contributed by atoms with E-state index in [0.29, 0.717) is 32.1 Å². The largest absolute Gasteiger partial charge is 0.463 e. The van der Waals surface area contributed by atoms with E-state index in [1.54, 1.807) is 0 Å². The zero-order valence-electron chi connectivity index (χ0n) is 75.4. The van der Waals surface area contributed by atoms with E-state index in [1.165, 1.54) is 13.8 Å². The molecule has 46 nitrogen and oxygen atoms in total. The Labute approximate surface area is 744 Å². The summed E-state index contributed by atoms with van der Waals surface area (Å²) >= 11 is 0. The second kappa shape index (κ2) is 58.9. The molecule has 18 atom stereocenters. The standard InChI is InChI=1S/C81H128N9O37P/c1-18-19-31-117-128(90(44(2)3)45(4)5)127-59-22-20-58(21-23-59)76(105)89-61(78(107)84-30-34-110-37-40-113-81-69(87-48(8)93)75(123-57(17)102)72(120-54(14)99)64(126-81)43-116-51(11)96)25-27-66(104)88-60(77(106)83-29-33-109-36-39-112-80-68(86-47(7)92)74(122-56(16)101)71(119-53(13)98)63(125-80)42-115-50(10)95)24-26-65(103)82-28-32-108-35-38-111-79-67(85-46(6)91)73(121-55(15)100)70(118-52(12)97)62(124-79)41-114-49(9)94/h1,44-45,58-64,67-75,79-81H,19-43H2,2-17H3,(H,82,103)(H,83,106)(H,84,107)(H,85,91)(H,86,92)(H,87,93)(H,88,104)(H,89,105). The topological polar surface area (TPSA) is 574 Å². The van der Waals surface area contributed by atoms with Crippen molar-refractivity contribution in [1.82, 2.24) is 47.2 Å². The van der Waals surface area contributed by atoms with Gasteiger partial charge >= 0.3 is 53.7 Å². The summed E-state index contributed by atoms with van der Waals surface area (Å²) in [6.45, 7) is 18.0. The van der Waals surface area contributed by atoms with Gasteiger partial charge in [0.05, 0.1) is 72.2 Å². The Morgan fingerprint density at radius 1 is 0.398 bits per heavy atom. The van der Waals surface area contributed by atoms with E-state index in [9.17, 15) is 81.5 Å². The first-order valence-corrected chi connectivity index (χ1v) is 43.2. The lowest BCUT2D eigenvalue weighted by Gasteiger charge is -2.44. The van der Waals surface area contributed by atoms with Gasteiger partial charge in [-0.1, -0.05) is 0 Å². The van der Waals surface area contributed by atoms with Crippen LogP contribution >= 0.6 is 8.53 Å². The highest BCUT2D eigenvalue weighted by atomic mass is 31.2. The number of amides is 8. The van der Waals surface area contributed by atoms with E-state index in [0.717, 1.165) is 69.2 Å². The minimum Gasteiger partial charge on any atom is -0.463 e. The van der Waals surface area contributed by atoms with Gasteiger partial charge in [0.1, 0.15) is 68.3 Å². The normalized spacial score (nSPS) is 24.4. The number of hydrogen-bond acceptors (Lipinski definition) is 38. The Kier molecular flexibility index (Phi) is 51.0. The molecule has 128 heavy (non-hydrogen) atoms. The number of hydrogen-bond donors (Lipinski definition) is 8. The van der Waals surface area contributed by atoms with Crippen molar-refractivity contribution in [2.24, 2.45) is 5.92 Å². The average molecular weight is 1850 g/mol. The van der Waals surface area contributed by atoms with Gasteiger partial charge in [-0.2, -0.15) is 0 Å². The SMILES string of the molecule is C#CCCOP(OC1CCC(C(=O)NC(CCC(=O)NC(CCC(=O)NCCOCCOC2OC(COC(C)=O)C(OC(C)=O)C(OC(C)=O)C2NC(C)=O)C(=O)NCCOCCOC2OC(COC(C)=O)C(OC(C)=O)C(OC(C)=O)C2NC(C)=O)C(=O)NCCOCCOC2OC(COC(C)=O)C(OC(C)=O)C(OC(C)=O)C2NC(C)=O)CC1)N(C(C)C)C(C)C. The smallest absolute Gasteiger partial charge is 0.303 e. The molecular formula is C81H128N9O37P. The summed E-state index contributed by atoms with van der Waals surface area (Å²) in [6, 6.07) is -6.56. The fourth-order valence-corrected chi connectivity index (χ4v) is 15.6. The number of terminal acetylenes is 1. The van der Waals surface area contributed by atoms with Crippen molar-refractivity contribution < 1.29 is 176 Å². The summed E-state index contributed by atoms with van der Waals surface area (Å²) in [6.07, 6.45) is -10.7. The molecule has 3 heterocycles. The lowest BCUT2D eigenvalue weighted by molar-refractivity contribution is -0.279. The molecule has 4 aliphatic rings. The predicted molar refractivity (Wildman–Crippen MR) is 439 cm³/mol. The highest BCUT2D eigenvalue weighted by Crippen LogP contribution is 2.49. The maximum atomic E-state index is 14.4. The van der Waals surface area contributed by atoms with Crippen LogP contribution in [0.25, 0.3) is 0 Å². The summed E-state index contributed by atoms with van der Waals surface area (Å²) in [5.74, 6) is -10.4. The van der Waals surface area contributed by atoms with Crippen LogP contribution in [-0.4, -0.2) is 333 Å². The summed E-state index contributed by atoms with van der Waals surface area (Å²) < 4.78 is 117. The Balaban J connectivity index is 1.55. The van der Waals surface area contributed by atoms with Gasteiger partial charge in [-0.05, 0) is 66.2 Å². The van der Waals surface area contributed by atoms with Crippen molar-refractivity contribution in [3.8, 4) is 12.3 Å². The van der Waals surface area contributed by atoms with Crippen molar-refractivity contribution in [3.05, 3.63) is 0 Å². The Hall–Kier alpha value is -9.50. The number of nitrogens with zero attached hydrogens (tertiary/aromatic N) is 1. The van der Waals surface area contributed by atoms with Gasteiger partial charge in [-0.15, -0.1) is 12.3 Å². The first-order chi connectivity index (χ1) is 60.6. The third-order valence-electron chi connectivity index (χ3n) is 19.0. The highest BCUT2D eigenvalue weighted by molar-refractivity contribution is 7.44. The van der Waals surface area contributed by atoms with Crippen molar-refractivity contribution in [1.29, 1.82) is 0 Å². The Morgan fingerprint density at radius 2 is 0.727 bits per heavy atom. The van der Waals surface area contributed by atoms with Crippen LogP contribution in [0, 0.1) is 18.3 Å². The van der Waals surface area contributed by atoms with E-state index >= 15 is 0 Å². The van der Waals surface area contributed by atoms with Crippen LogP contribution in [0.15, 0.2) is 0 Å². The second-order valence-corrected chi connectivity index (χ2v) is 31.9. The van der Waals surface area contributed by atoms with Crippen molar-refractivity contribution in [3.63, 3.8) is 0 Å². The zero-order valence-corrected chi connectivity index (χ0v) is 76.3. The number of rotatable bonds is 55. The maximum Gasteiger partial charge on any atom is 0.303 e. The van der Waals surface area contributed by atoms with Gasteiger partial charge in [0, 0.05) is 140 Å². The van der Waals surface area contributed by atoms with Crippen LogP contribution in [0.1, 0.15) is 169 Å². The van der Waals surface area contributed by atoms with Crippen molar-refractivity contribution in [2.45, 2.75) is 291 Å². The molecule has 0 spiro atoms. The number of esters is 9. The molecule has 4 rings (SSSR count). The van der Waals surface area contributed by atoms with Crippen LogP contribution < -0.4 is 42.5 Å². The molecule has 0 bridgehead atoms. The zero-order chi connectivity index (χ0) is 95.3. The molecule has 0 aromatic heterocycles. The fourth-order valence-electron chi connectivity index (χ4n) is 13.9. The fraction of sp³-hybridized carbons (Fsp3) is 0.765.